The molecule has 1 amide bonds. The summed E-state index contributed by atoms with van der Waals surface area (Å²) in [5.74, 6) is -0.882. The van der Waals surface area contributed by atoms with Crippen LogP contribution in [0, 0.1) is 0 Å². The van der Waals surface area contributed by atoms with Crippen LogP contribution in [-0.4, -0.2) is 25.2 Å². The Kier molecular flexibility index (Phi) is 4.88. The highest BCUT2D eigenvalue weighted by Gasteiger charge is 2.35. The number of nitrogens with one attached hydrogen (secondary N) is 1. The van der Waals surface area contributed by atoms with Gasteiger partial charge in [0.25, 0.3) is 0 Å². The second kappa shape index (κ2) is 6.47. The van der Waals surface area contributed by atoms with E-state index < -0.39 is 18.5 Å². The topological polar surface area (TPSA) is 32.3 Å². The van der Waals surface area contributed by atoms with Gasteiger partial charge in [0, 0.05) is 18.3 Å². The van der Waals surface area contributed by atoms with Crippen LogP contribution in [0.4, 0.5) is 18.9 Å². The smallest absolute Gasteiger partial charge is 0.312 e. The van der Waals surface area contributed by atoms with Crippen LogP contribution < -0.4 is 10.2 Å². The lowest BCUT2D eigenvalue weighted by Gasteiger charge is -2.24. The molecule has 0 radical (unpaired) electrons. The van der Waals surface area contributed by atoms with Gasteiger partial charge in [-0.3, -0.25) is 4.79 Å². The molecule has 1 aromatic carbocycles. The lowest BCUT2D eigenvalue weighted by molar-refractivity contribution is -0.151. The monoisotopic (exact) mass is 300 g/mol. The van der Waals surface area contributed by atoms with E-state index in [1.165, 1.54) is 4.90 Å². The van der Waals surface area contributed by atoms with Gasteiger partial charge in [0.1, 0.15) is 6.42 Å². The molecule has 0 saturated heterocycles. The number of carbonyl (C=O) groups excluding carboxylic acids is 1. The van der Waals surface area contributed by atoms with Gasteiger partial charge in [-0.25, -0.2) is 0 Å². The number of benzene rings is 1. The number of anilines is 1. The maximum absolute atomic E-state index is 12.5. The number of carbonyl (C=O) groups is 1. The van der Waals surface area contributed by atoms with Gasteiger partial charge in [0.05, 0.1) is 0 Å². The maximum Gasteiger partial charge on any atom is 0.397 e. The molecule has 2 rings (SSSR count). The minimum atomic E-state index is -4.47. The molecule has 0 spiro atoms. The number of halogens is 3. The summed E-state index contributed by atoms with van der Waals surface area (Å²) in [5.41, 5.74) is 1.49. The zero-order valence-electron chi connectivity index (χ0n) is 11.9. The predicted molar refractivity (Wildman–Crippen MR) is 75.1 cm³/mol. The molecule has 0 fully saturated rings. The summed E-state index contributed by atoms with van der Waals surface area (Å²) in [5, 5.41) is 3.33. The Bertz CT molecular complexity index is 502. The quantitative estimate of drug-likeness (QED) is 0.927. The van der Waals surface area contributed by atoms with Crippen LogP contribution in [-0.2, 0) is 4.79 Å². The molecule has 3 nitrogen and oxygen atoms in total. The molecule has 1 aliphatic rings. The first-order valence-electron chi connectivity index (χ1n) is 7.12. The van der Waals surface area contributed by atoms with E-state index in [0.717, 1.165) is 18.5 Å². The fourth-order valence-corrected chi connectivity index (χ4v) is 2.74. The average Bonchev–Trinajstić information content (AvgIpc) is 2.58. The van der Waals surface area contributed by atoms with E-state index in [0.29, 0.717) is 18.7 Å². The molecule has 1 aliphatic heterocycles. The molecule has 1 N–H and O–H groups in total. The Morgan fingerprint density at radius 2 is 2.10 bits per heavy atom. The number of hydrogen-bond donors (Lipinski definition) is 1. The van der Waals surface area contributed by atoms with E-state index >= 15 is 0 Å². The van der Waals surface area contributed by atoms with Crippen LogP contribution in [0.1, 0.15) is 37.8 Å². The molecule has 1 unspecified atom stereocenters. The zero-order valence-corrected chi connectivity index (χ0v) is 11.9. The maximum atomic E-state index is 12.5. The van der Waals surface area contributed by atoms with Crippen molar-refractivity contribution in [3.05, 3.63) is 29.8 Å². The lowest BCUT2D eigenvalue weighted by Crippen LogP contribution is -2.35. The third-order valence-electron chi connectivity index (χ3n) is 3.58. The van der Waals surface area contributed by atoms with Gasteiger partial charge in [0.2, 0.25) is 5.91 Å². The van der Waals surface area contributed by atoms with Crippen molar-refractivity contribution in [1.29, 1.82) is 0 Å². The van der Waals surface area contributed by atoms with E-state index in [1.807, 2.05) is 19.1 Å². The van der Waals surface area contributed by atoms with E-state index in [2.05, 4.69) is 5.32 Å². The molecule has 0 bridgehead atoms. The van der Waals surface area contributed by atoms with Crippen molar-refractivity contribution in [3.63, 3.8) is 0 Å². The third-order valence-corrected chi connectivity index (χ3v) is 3.58. The van der Waals surface area contributed by atoms with Gasteiger partial charge in [-0.2, -0.15) is 13.2 Å². The molecule has 1 heterocycles. The fourth-order valence-electron chi connectivity index (χ4n) is 2.74. The number of alkyl halides is 3. The van der Waals surface area contributed by atoms with Crippen LogP contribution in [0.15, 0.2) is 24.3 Å². The standard InChI is InChI=1S/C15H19F3N2O/c1-2-19-12-7-5-9-20(14(21)10-15(16,17)18)13-8-4-3-6-11(12)13/h3-4,6,8,12,19H,2,5,7,9-10H2,1H3. The normalized spacial score (nSPS) is 19.0. The number of rotatable bonds is 3. The Labute approximate surface area is 122 Å². The summed E-state index contributed by atoms with van der Waals surface area (Å²) in [7, 11) is 0. The Morgan fingerprint density at radius 3 is 2.76 bits per heavy atom. The molecule has 116 valence electrons. The van der Waals surface area contributed by atoms with Crippen LogP contribution in [0.2, 0.25) is 0 Å². The van der Waals surface area contributed by atoms with Crippen molar-refractivity contribution in [2.75, 3.05) is 18.0 Å². The first kappa shape index (κ1) is 15.8. The molecule has 0 aromatic heterocycles. The summed E-state index contributed by atoms with van der Waals surface area (Å²) >= 11 is 0. The SMILES string of the molecule is CCNC1CCCN(C(=O)CC(F)(F)F)c2ccccc21. The van der Waals surface area contributed by atoms with Gasteiger partial charge in [-0.15, -0.1) is 0 Å². The average molecular weight is 300 g/mol. The van der Waals surface area contributed by atoms with Gasteiger partial charge < -0.3 is 10.2 Å². The molecule has 1 aromatic rings. The minimum Gasteiger partial charge on any atom is -0.312 e. The number of fused-ring (bicyclic) bond motifs is 1. The number of nitrogens with zero attached hydrogens (tertiary/aromatic N) is 1. The van der Waals surface area contributed by atoms with Gasteiger partial charge >= 0.3 is 6.18 Å². The Balaban J connectivity index is 2.30. The van der Waals surface area contributed by atoms with Crippen LogP contribution in [0.3, 0.4) is 0 Å². The highest BCUT2D eigenvalue weighted by atomic mass is 19.4. The minimum absolute atomic E-state index is 0.0786. The highest BCUT2D eigenvalue weighted by molar-refractivity contribution is 5.94. The van der Waals surface area contributed by atoms with E-state index in [1.54, 1.807) is 12.1 Å². The molecule has 0 aliphatic carbocycles. The van der Waals surface area contributed by atoms with Crippen molar-refractivity contribution in [3.8, 4) is 0 Å². The van der Waals surface area contributed by atoms with Crippen molar-refractivity contribution in [1.82, 2.24) is 5.32 Å². The molecule has 1 atom stereocenters. The first-order valence-corrected chi connectivity index (χ1v) is 7.12. The molecule has 6 heteroatoms. The fraction of sp³-hybridized carbons (Fsp3) is 0.533. The van der Waals surface area contributed by atoms with E-state index in [9.17, 15) is 18.0 Å². The van der Waals surface area contributed by atoms with Gasteiger partial charge in [-0.05, 0) is 31.0 Å². The summed E-state index contributed by atoms with van der Waals surface area (Å²) in [6.45, 7) is 3.09. The Hall–Kier alpha value is -1.56. The van der Waals surface area contributed by atoms with Crippen LogP contribution >= 0.6 is 0 Å². The second-order valence-electron chi connectivity index (χ2n) is 5.15. The van der Waals surface area contributed by atoms with Crippen LogP contribution in [0.25, 0.3) is 0 Å². The largest absolute Gasteiger partial charge is 0.397 e. The molecular weight excluding hydrogens is 281 g/mol. The second-order valence-corrected chi connectivity index (χ2v) is 5.15. The Morgan fingerprint density at radius 1 is 1.38 bits per heavy atom. The number of amides is 1. The lowest BCUT2D eigenvalue weighted by atomic mass is 10.0. The first-order chi connectivity index (χ1) is 9.92. The molecule has 0 saturated carbocycles. The zero-order chi connectivity index (χ0) is 15.5. The van der Waals surface area contributed by atoms with Crippen molar-refractivity contribution in [2.24, 2.45) is 0 Å². The summed E-state index contributed by atoms with van der Waals surface area (Å²) < 4.78 is 37.4. The van der Waals surface area contributed by atoms with Crippen molar-refractivity contribution >= 4 is 11.6 Å². The van der Waals surface area contributed by atoms with E-state index in [4.69, 9.17) is 0 Å². The highest BCUT2D eigenvalue weighted by Crippen LogP contribution is 2.34. The van der Waals surface area contributed by atoms with Crippen LogP contribution in [0.5, 0.6) is 0 Å². The summed E-state index contributed by atoms with van der Waals surface area (Å²) in [4.78, 5) is 13.3. The summed E-state index contributed by atoms with van der Waals surface area (Å²) in [6.07, 6.45) is -4.40. The third kappa shape index (κ3) is 3.97. The molecular formula is C15H19F3N2O. The van der Waals surface area contributed by atoms with Crippen molar-refractivity contribution < 1.29 is 18.0 Å². The number of hydrogen-bond acceptors (Lipinski definition) is 2. The molecule has 21 heavy (non-hydrogen) atoms. The van der Waals surface area contributed by atoms with E-state index in [-0.39, 0.29) is 6.04 Å². The summed E-state index contributed by atoms with van der Waals surface area (Å²) in [6, 6.07) is 7.28. The van der Waals surface area contributed by atoms with Gasteiger partial charge in [0.15, 0.2) is 0 Å². The van der Waals surface area contributed by atoms with Crippen molar-refractivity contribution in [2.45, 2.75) is 38.4 Å². The number of para-hydroxylation sites is 1. The van der Waals surface area contributed by atoms with Gasteiger partial charge in [-0.1, -0.05) is 25.1 Å². The predicted octanol–water partition coefficient (Wildman–Crippen LogP) is 3.42.